The molecule has 190 valence electrons. The second-order valence-corrected chi connectivity index (χ2v) is 11.5. The fraction of sp³-hybridized carbons (Fsp3) is 0.281. The molecule has 0 fully saturated rings. The van der Waals surface area contributed by atoms with Crippen LogP contribution in [0, 0.1) is 0 Å². The number of amides is 1. The number of phenols is 1. The first-order valence-corrected chi connectivity index (χ1v) is 12.4. The summed E-state index contributed by atoms with van der Waals surface area (Å²) in [6.45, 7) is 13.3. The van der Waals surface area contributed by atoms with Crippen LogP contribution < -0.4 is 4.90 Å². The molecule has 0 saturated carbocycles. The Morgan fingerprint density at radius 3 is 1.65 bits per heavy atom. The van der Waals surface area contributed by atoms with Crippen molar-refractivity contribution in [2.75, 3.05) is 4.90 Å². The Balaban J connectivity index is 2.16. The zero-order chi connectivity index (χ0) is 27.3. The van der Waals surface area contributed by atoms with Crippen molar-refractivity contribution in [1.29, 1.82) is 0 Å². The molecule has 1 aliphatic carbocycles. The maximum Gasteiger partial charge on any atom is 0.228 e. The molecule has 0 aromatic heterocycles. The molecule has 1 amide bonds. The maximum atomic E-state index is 14.1. The number of rotatable bonds is 3. The molecule has 0 spiro atoms. The van der Waals surface area contributed by atoms with E-state index in [-0.39, 0.29) is 34.3 Å². The van der Waals surface area contributed by atoms with Crippen LogP contribution in [0.3, 0.4) is 0 Å². The number of fused-ring (bicyclic) bond motifs is 1. The van der Waals surface area contributed by atoms with Gasteiger partial charge in [0, 0.05) is 34.9 Å². The lowest BCUT2D eigenvalue weighted by Crippen LogP contribution is -2.37. The van der Waals surface area contributed by atoms with E-state index in [1.807, 2.05) is 47.6 Å². The minimum Gasteiger partial charge on any atom is -0.507 e. The molecule has 0 unspecified atom stereocenters. The molecule has 0 radical (unpaired) electrons. The van der Waals surface area contributed by atoms with Crippen LogP contribution in [0.15, 0.2) is 72.4 Å². The molecule has 37 heavy (non-hydrogen) atoms. The minimum absolute atomic E-state index is 0.0211. The number of phenolic OH excluding ortho intramolecular Hbond substituents is 1. The van der Waals surface area contributed by atoms with Crippen molar-refractivity contribution in [2.45, 2.75) is 59.3 Å². The van der Waals surface area contributed by atoms with E-state index in [1.54, 1.807) is 60.7 Å². The van der Waals surface area contributed by atoms with Gasteiger partial charge in [0.25, 0.3) is 0 Å². The van der Waals surface area contributed by atoms with Crippen LogP contribution in [-0.4, -0.2) is 22.6 Å². The number of carbonyl (C=O) groups is 3. The first kappa shape index (κ1) is 26.1. The monoisotopic (exact) mass is 495 g/mol. The van der Waals surface area contributed by atoms with Gasteiger partial charge in [-0.05, 0) is 40.7 Å². The van der Waals surface area contributed by atoms with Crippen LogP contribution in [0.5, 0.6) is 5.75 Å². The Hall–Kier alpha value is -3.99. The van der Waals surface area contributed by atoms with Gasteiger partial charge in [0.1, 0.15) is 11.4 Å². The van der Waals surface area contributed by atoms with Gasteiger partial charge in [0.2, 0.25) is 11.7 Å². The van der Waals surface area contributed by atoms with Crippen molar-refractivity contribution in [3.63, 3.8) is 0 Å². The average molecular weight is 496 g/mol. The summed E-state index contributed by atoms with van der Waals surface area (Å²) < 4.78 is 0. The van der Waals surface area contributed by atoms with Crippen LogP contribution in [-0.2, 0) is 15.6 Å². The van der Waals surface area contributed by atoms with Crippen molar-refractivity contribution in [2.24, 2.45) is 0 Å². The lowest BCUT2D eigenvalue weighted by molar-refractivity contribution is -0.116. The highest BCUT2D eigenvalue weighted by Gasteiger charge is 2.39. The summed E-state index contributed by atoms with van der Waals surface area (Å²) in [5.74, 6) is -0.942. The fourth-order valence-electron chi connectivity index (χ4n) is 4.81. The summed E-state index contributed by atoms with van der Waals surface area (Å²) in [5, 5.41) is 11.3. The SMILES string of the molecule is CC(=O)N(C1=C(c2cc(C(C)(C)C)c(O)c(C(C)(C)C)c2)C(=O)c2ccccc2C1=O)c1ccccc1. The van der Waals surface area contributed by atoms with E-state index in [0.29, 0.717) is 27.9 Å². The zero-order valence-corrected chi connectivity index (χ0v) is 22.5. The highest BCUT2D eigenvalue weighted by Crippen LogP contribution is 2.44. The number of carbonyl (C=O) groups excluding carboxylic acids is 3. The molecule has 0 atom stereocenters. The quantitative estimate of drug-likeness (QED) is 0.432. The van der Waals surface area contributed by atoms with E-state index >= 15 is 0 Å². The lowest BCUT2D eigenvalue weighted by Gasteiger charge is -2.32. The second kappa shape index (κ2) is 9.15. The second-order valence-electron chi connectivity index (χ2n) is 11.5. The molecular formula is C32H33NO4. The molecule has 0 heterocycles. The third-order valence-electron chi connectivity index (χ3n) is 6.66. The van der Waals surface area contributed by atoms with Gasteiger partial charge >= 0.3 is 0 Å². The summed E-state index contributed by atoms with van der Waals surface area (Å²) in [6.07, 6.45) is 0. The molecule has 0 aliphatic heterocycles. The first-order chi connectivity index (χ1) is 17.2. The van der Waals surface area contributed by atoms with E-state index in [1.165, 1.54) is 11.8 Å². The molecule has 5 nitrogen and oxygen atoms in total. The number of hydrogen-bond donors (Lipinski definition) is 1. The number of anilines is 1. The molecule has 5 heteroatoms. The summed E-state index contributed by atoms with van der Waals surface area (Å²) in [7, 11) is 0. The van der Waals surface area contributed by atoms with E-state index in [0.717, 1.165) is 0 Å². The summed E-state index contributed by atoms with van der Waals surface area (Å²) in [4.78, 5) is 42.6. The number of para-hydroxylation sites is 1. The molecular weight excluding hydrogens is 462 g/mol. The van der Waals surface area contributed by atoms with Crippen molar-refractivity contribution in [3.05, 3.63) is 100 Å². The third-order valence-corrected chi connectivity index (χ3v) is 6.66. The number of aromatic hydroxyl groups is 1. The van der Waals surface area contributed by atoms with Crippen LogP contribution in [0.2, 0.25) is 0 Å². The van der Waals surface area contributed by atoms with Gasteiger partial charge in [0.15, 0.2) is 5.78 Å². The van der Waals surface area contributed by atoms with E-state index in [2.05, 4.69) is 0 Å². The Morgan fingerprint density at radius 1 is 0.730 bits per heavy atom. The van der Waals surface area contributed by atoms with E-state index in [4.69, 9.17) is 0 Å². The smallest absolute Gasteiger partial charge is 0.228 e. The number of nitrogens with zero attached hydrogens (tertiary/aromatic N) is 1. The molecule has 3 aromatic rings. The molecule has 1 N–H and O–H groups in total. The number of hydrogen-bond acceptors (Lipinski definition) is 4. The Labute approximate surface area is 218 Å². The Kier molecular flexibility index (Phi) is 6.45. The van der Waals surface area contributed by atoms with Crippen LogP contribution in [0.1, 0.15) is 85.9 Å². The molecule has 1 aliphatic rings. The van der Waals surface area contributed by atoms with Gasteiger partial charge in [-0.15, -0.1) is 0 Å². The van der Waals surface area contributed by atoms with Crippen LogP contribution >= 0.6 is 0 Å². The highest BCUT2D eigenvalue weighted by atomic mass is 16.3. The predicted octanol–water partition coefficient (Wildman–Crippen LogP) is 6.83. The van der Waals surface area contributed by atoms with E-state index in [9.17, 15) is 19.5 Å². The average Bonchev–Trinajstić information content (AvgIpc) is 2.82. The highest BCUT2D eigenvalue weighted by molar-refractivity contribution is 6.42. The summed E-state index contributed by atoms with van der Waals surface area (Å²) >= 11 is 0. The van der Waals surface area contributed by atoms with Crippen LogP contribution in [0.25, 0.3) is 5.57 Å². The number of ketones is 2. The molecule has 0 saturated heterocycles. The molecule has 4 rings (SSSR count). The van der Waals surface area contributed by atoms with Gasteiger partial charge in [-0.2, -0.15) is 0 Å². The van der Waals surface area contributed by atoms with E-state index < -0.39 is 16.6 Å². The van der Waals surface area contributed by atoms with Crippen molar-refractivity contribution >= 4 is 28.7 Å². The molecule has 3 aromatic carbocycles. The first-order valence-electron chi connectivity index (χ1n) is 12.4. The standard InChI is InChI=1S/C32H33NO4/c1-19(34)33(21-13-9-8-10-14-21)27-26(28(35)22-15-11-12-16-23(22)29(27)36)20-17-24(31(2,3)4)30(37)25(18-20)32(5,6)7/h8-18,37H,1-7H3. The topological polar surface area (TPSA) is 74.7 Å². The summed E-state index contributed by atoms with van der Waals surface area (Å²) in [5.41, 5.74) is 2.16. The fourth-order valence-corrected chi connectivity index (χ4v) is 4.81. The lowest BCUT2D eigenvalue weighted by atomic mass is 9.75. The maximum absolute atomic E-state index is 14.1. The third kappa shape index (κ3) is 4.62. The van der Waals surface area contributed by atoms with Gasteiger partial charge in [0.05, 0.1) is 5.57 Å². The largest absolute Gasteiger partial charge is 0.507 e. The van der Waals surface area contributed by atoms with Gasteiger partial charge in [-0.25, -0.2) is 0 Å². The van der Waals surface area contributed by atoms with Crippen LogP contribution in [0.4, 0.5) is 5.69 Å². The minimum atomic E-state index is -0.444. The van der Waals surface area contributed by atoms with Gasteiger partial charge in [-0.3, -0.25) is 19.3 Å². The van der Waals surface area contributed by atoms with Crippen molar-refractivity contribution < 1.29 is 19.5 Å². The van der Waals surface area contributed by atoms with Crippen molar-refractivity contribution in [1.82, 2.24) is 0 Å². The number of allylic oxidation sites excluding steroid dienone is 2. The number of Topliss-reactive ketones (excluding diaryl/α,β-unsaturated/α-hetero) is 2. The normalized spacial score (nSPS) is 14.0. The molecule has 0 bridgehead atoms. The summed E-state index contributed by atoms with van der Waals surface area (Å²) in [6, 6.07) is 19.1. The Bertz CT molecular complexity index is 1420. The van der Waals surface area contributed by atoms with Gasteiger partial charge < -0.3 is 5.11 Å². The predicted molar refractivity (Wildman–Crippen MR) is 147 cm³/mol. The zero-order valence-electron chi connectivity index (χ0n) is 22.5. The Morgan fingerprint density at radius 2 is 1.19 bits per heavy atom. The number of benzene rings is 3. The van der Waals surface area contributed by atoms with Crippen molar-refractivity contribution in [3.8, 4) is 5.75 Å². The van der Waals surface area contributed by atoms with Gasteiger partial charge in [-0.1, -0.05) is 84.0 Å².